The quantitative estimate of drug-likeness (QED) is 0.868. The first-order chi connectivity index (χ1) is 9.23. The molecule has 1 atom stereocenters. The van der Waals surface area contributed by atoms with Crippen LogP contribution in [0.3, 0.4) is 0 Å². The van der Waals surface area contributed by atoms with Gasteiger partial charge in [0.15, 0.2) is 0 Å². The van der Waals surface area contributed by atoms with Crippen molar-refractivity contribution in [3.63, 3.8) is 0 Å². The molecule has 2 rings (SSSR count). The van der Waals surface area contributed by atoms with E-state index in [1.165, 1.54) is 32.1 Å². The van der Waals surface area contributed by atoms with Gasteiger partial charge in [-0.25, -0.2) is 0 Å². The number of hydrogen-bond acceptors (Lipinski definition) is 2. The van der Waals surface area contributed by atoms with Gasteiger partial charge >= 0.3 is 0 Å². The van der Waals surface area contributed by atoms with E-state index >= 15 is 0 Å². The van der Waals surface area contributed by atoms with Crippen molar-refractivity contribution in [2.24, 2.45) is 5.41 Å². The summed E-state index contributed by atoms with van der Waals surface area (Å²) in [5.74, 6) is -0.0339. The zero-order valence-corrected chi connectivity index (χ0v) is 11.9. The van der Waals surface area contributed by atoms with Gasteiger partial charge in [-0.1, -0.05) is 56.5 Å². The Labute approximate surface area is 116 Å². The normalized spacial score (nSPS) is 19.6. The van der Waals surface area contributed by atoms with E-state index in [0.29, 0.717) is 5.41 Å². The van der Waals surface area contributed by atoms with Crippen LogP contribution >= 0.6 is 0 Å². The highest BCUT2D eigenvalue weighted by Gasteiger charge is 2.26. The van der Waals surface area contributed by atoms with Crippen molar-refractivity contribution < 1.29 is 0 Å². The van der Waals surface area contributed by atoms with Crippen molar-refractivity contribution in [3.05, 3.63) is 35.9 Å². The first kappa shape index (κ1) is 14.1. The van der Waals surface area contributed by atoms with Crippen molar-refractivity contribution in [1.82, 2.24) is 5.32 Å². The highest BCUT2D eigenvalue weighted by atomic mass is 14.9. The van der Waals surface area contributed by atoms with Gasteiger partial charge in [0.05, 0.1) is 12.0 Å². The second-order valence-electron chi connectivity index (χ2n) is 6.09. The Kier molecular flexibility index (Phi) is 4.99. The Morgan fingerprint density at radius 1 is 1.21 bits per heavy atom. The third-order valence-electron chi connectivity index (χ3n) is 4.32. The first-order valence-electron chi connectivity index (χ1n) is 7.39. The number of rotatable bonds is 5. The molecule has 19 heavy (non-hydrogen) atoms. The van der Waals surface area contributed by atoms with Crippen molar-refractivity contribution in [1.29, 1.82) is 5.26 Å². The molecular weight excluding hydrogens is 232 g/mol. The van der Waals surface area contributed by atoms with Crippen LogP contribution in [0.25, 0.3) is 0 Å². The number of hydrogen-bond donors (Lipinski definition) is 1. The van der Waals surface area contributed by atoms with Crippen LogP contribution in [0.15, 0.2) is 30.3 Å². The molecule has 0 radical (unpaired) electrons. The summed E-state index contributed by atoms with van der Waals surface area (Å²) in [5.41, 5.74) is 1.56. The molecule has 0 saturated heterocycles. The zero-order valence-electron chi connectivity index (χ0n) is 11.9. The number of benzene rings is 1. The zero-order chi connectivity index (χ0) is 13.6. The topological polar surface area (TPSA) is 35.8 Å². The van der Waals surface area contributed by atoms with Crippen LogP contribution in [0.5, 0.6) is 0 Å². The molecule has 1 aliphatic rings. The molecular formula is C17H24N2. The van der Waals surface area contributed by atoms with E-state index < -0.39 is 0 Å². The third-order valence-corrected chi connectivity index (χ3v) is 4.32. The average molecular weight is 256 g/mol. The summed E-state index contributed by atoms with van der Waals surface area (Å²) in [4.78, 5) is 0. The summed E-state index contributed by atoms with van der Waals surface area (Å²) in [6.07, 6.45) is 6.75. The van der Waals surface area contributed by atoms with Gasteiger partial charge in [-0.3, -0.25) is 0 Å². The highest BCUT2D eigenvalue weighted by Crippen LogP contribution is 2.35. The summed E-state index contributed by atoms with van der Waals surface area (Å²) in [7, 11) is 0. The molecule has 1 aliphatic carbocycles. The molecule has 1 N–H and O–H groups in total. The van der Waals surface area contributed by atoms with Crippen molar-refractivity contribution in [2.45, 2.75) is 44.9 Å². The molecule has 1 saturated carbocycles. The molecule has 0 amide bonds. The lowest BCUT2D eigenvalue weighted by molar-refractivity contribution is 0.208. The second-order valence-corrected chi connectivity index (χ2v) is 6.09. The van der Waals surface area contributed by atoms with E-state index in [1.54, 1.807) is 0 Å². The molecule has 0 aliphatic heterocycles. The van der Waals surface area contributed by atoms with E-state index in [0.717, 1.165) is 18.7 Å². The lowest BCUT2D eigenvalue weighted by Crippen LogP contribution is -2.35. The molecule has 2 nitrogen and oxygen atoms in total. The molecule has 0 aromatic heterocycles. The fourth-order valence-corrected chi connectivity index (χ4v) is 3.02. The maximum Gasteiger partial charge on any atom is 0.0837 e. The summed E-state index contributed by atoms with van der Waals surface area (Å²) in [5, 5.41) is 12.8. The second kappa shape index (κ2) is 6.73. The van der Waals surface area contributed by atoms with Crippen LogP contribution in [-0.2, 0) is 0 Å². The molecule has 1 aromatic carbocycles. The minimum atomic E-state index is -0.0339. The summed E-state index contributed by atoms with van der Waals surface area (Å²) in [6, 6.07) is 12.5. The average Bonchev–Trinajstić information content (AvgIpc) is 2.45. The van der Waals surface area contributed by atoms with Gasteiger partial charge in [0.25, 0.3) is 0 Å². The summed E-state index contributed by atoms with van der Waals surface area (Å²) in [6.45, 7) is 4.18. The molecule has 2 heteroatoms. The van der Waals surface area contributed by atoms with Crippen LogP contribution in [0, 0.1) is 16.7 Å². The van der Waals surface area contributed by atoms with Crippen molar-refractivity contribution >= 4 is 0 Å². The number of nitrogens with one attached hydrogen (secondary N) is 1. The monoisotopic (exact) mass is 256 g/mol. The van der Waals surface area contributed by atoms with E-state index in [9.17, 15) is 5.26 Å². The summed E-state index contributed by atoms with van der Waals surface area (Å²) < 4.78 is 0. The van der Waals surface area contributed by atoms with E-state index in [1.807, 2.05) is 30.3 Å². The van der Waals surface area contributed by atoms with E-state index in [2.05, 4.69) is 18.3 Å². The number of nitrogens with zero attached hydrogens (tertiary/aromatic N) is 1. The van der Waals surface area contributed by atoms with E-state index in [4.69, 9.17) is 0 Å². The molecule has 1 unspecified atom stereocenters. The predicted octanol–water partition coefficient (Wildman–Crippen LogP) is 3.85. The van der Waals surface area contributed by atoms with Crippen LogP contribution in [-0.4, -0.2) is 13.1 Å². The van der Waals surface area contributed by atoms with Gasteiger partial charge in [-0.2, -0.15) is 5.26 Å². The van der Waals surface area contributed by atoms with Crippen LogP contribution in [0.4, 0.5) is 0 Å². The Morgan fingerprint density at radius 2 is 1.89 bits per heavy atom. The SMILES string of the molecule is CC1(CNCC(C#N)c2ccccc2)CCCCC1. The largest absolute Gasteiger partial charge is 0.315 e. The standard InChI is InChI=1S/C17H24N2/c1-17(10-6-3-7-11-17)14-19-13-16(12-18)15-8-4-2-5-9-15/h2,4-5,8-9,16,19H,3,6-7,10-11,13-14H2,1H3. The lowest BCUT2D eigenvalue weighted by atomic mass is 9.75. The maximum absolute atomic E-state index is 9.29. The molecule has 0 heterocycles. The Morgan fingerprint density at radius 3 is 2.53 bits per heavy atom. The van der Waals surface area contributed by atoms with E-state index in [-0.39, 0.29) is 5.92 Å². The van der Waals surface area contributed by atoms with Gasteiger partial charge in [-0.05, 0) is 23.8 Å². The number of nitriles is 1. The fourth-order valence-electron chi connectivity index (χ4n) is 3.02. The maximum atomic E-state index is 9.29. The van der Waals surface area contributed by atoms with Gasteiger partial charge in [0, 0.05) is 13.1 Å². The Balaban J connectivity index is 1.82. The molecule has 0 spiro atoms. The Bertz CT molecular complexity index is 413. The van der Waals surface area contributed by atoms with Crippen LogP contribution in [0.1, 0.15) is 50.5 Å². The molecule has 1 aromatic rings. The predicted molar refractivity (Wildman–Crippen MR) is 78.9 cm³/mol. The Hall–Kier alpha value is -1.33. The first-order valence-corrected chi connectivity index (χ1v) is 7.39. The minimum absolute atomic E-state index is 0.0339. The van der Waals surface area contributed by atoms with Crippen LogP contribution in [0.2, 0.25) is 0 Å². The van der Waals surface area contributed by atoms with Gasteiger partial charge in [0.2, 0.25) is 0 Å². The van der Waals surface area contributed by atoms with Crippen molar-refractivity contribution in [3.8, 4) is 6.07 Å². The minimum Gasteiger partial charge on any atom is -0.315 e. The van der Waals surface area contributed by atoms with Gasteiger partial charge in [-0.15, -0.1) is 0 Å². The highest BCUT2D eigenvalue weighted by molar-refractivity contribution is 5.25. The van der Waals surface area contributed by atoms with Gasteiger partial charge in [0.1, 0.15) is 0 Å². The molecule has 1 fully saturated rings. The smallest absolute Gasteiger partial charge is 0.0837 e. The third kappa shape index (κ3) is 4.08. The molecule has 0 bridgehead atoms. The lowest BCUT2D eigenvalue weighted by Gasteiger charge is -2.34. The van der Waals surface area contributed by atoms with Crippen molar-refractivity contribution in [2.75, 3.05) is 13.1 Å². The summed E-state index contributed by atoms with van der Waals surface area (Å²) >= 11 is 0. The molecule has 102 valence electrons. The van der Waals surface area contributed by atoms with Gasteiger partial charge < -0.3 is 5.32 Å². The van der Waals surface area contributed by atoms with Crippen LogP contribution < -0.4 is 5.32 Å². The fraction of sp³-hybridized carbons (Fsp3) is 0.588.